The molecule has 7 nitrogen and oxygen atoms in total. The second kappa shape index (κ2) is 8.66. The third-order valence-electron chi connectivity index (χ3n) is 5.91. The number of fused-ring (bicyclic) bond motifs is 1. The maximum absolute atomic E-state index is 13.5. The van der Waals surface area contributed by atoms with E-state index in [-0.39, 0.29) is 23.7 Å². The smallest absolute Gasteiger partial charge is 0.339 e. The van der Waals surface area contributed by atoms with Crippen LogP contribution in [0.5, 0.6) is 0 Å². The highest BCUT2D eigenvalue weighted by Gasteiger charge is 2.41. The average molecular weight is 492 g/mol. The van der Waals surface area contributed by atoms with E-state index < -0.39 is 21.9 Å². The van der Waals surface area contributed by atoms with Gasteiger partial charge in [-0.05, 0) is 55.8 Å². The summed E-state index contributed by atoms with van der Waals surface area (Å²) in [6, 6.07) is 18.7. The van der Waals surface area contributed by atoms with E-state index in [0.29, 0.717) is 22.9 Å². The molecule has 9 heteroatoms. The van der Waals surface area contributed by atoms with Crippen molar-refractivity contribution < 1.29 is 22.0 Å². The molecule has 0 unspecified atom stereocenters. The zero-order chi connectivity index (χ0) is 24.7. The molecule has 1 aliphatic heterocycles. The number of oxazole rings is 1. The summed E-state index contributed by atoms with van der Waals surface area (Å²) in [4.78, 5) is 19.5. The van der Waals surface area contributed by atoms with E-state index in [2.05, 4.69) is 4.98 Å². The predicted molar refractivity (Wildman–Crippen MR) is 129 cm³/mol. The topological polar surface area (TPSA) is 83.7 Å². The van der Waals surface area contributed by atoms with Crippen LogP contribution in [0, 0.1) is 19.7 Å². The average Bonchev–Trinajstić information content (AvgIpc) is 3.21. The molecule has 0 spiro atoms. The van der Waals surface area contributed by atoms with Gasteiger partial charge >= 0.3 is 6.03 Å². The van der Waals surface area contributed by atoms with Gasteiger partial charge in [0.25, 0.3) is 10.0 Å². The first-order valence-electron chi connectivity index (χ1n) is 10.9. The molecular weight excluding hydrogens is 469 g/mol. The fraction of sp³-hybridized carbons (Fsp3) is 0.154. The molecule has 3 aromatic carbocycles. The van der Waals surface area contributed by atoms with Crippen molar-refractivity contribution in [2.75, 3.05) is 4.90 Å². The number of rotatable bonds is 5. The number of hydrogen-bond donors (Lipinski definition) is 0. The number of amides is 2. The Balaban J connectivity index is 1.52. The SMILES string of the molecule is Cc1ccc(-c2nc(CN3C(=O)N(Cc4ccc(F)cc4)S(=O)(=O)c4ccccc43)c(C)o2)cc1. The first-order valence-corrected chi connectivity index (χ1v) is 12.4. The number of aryl methyl sites for hydroxylation is 2. The number of anilines is 1. The quantitative estimate of drug-likeness (QED) is 0.372. The van der Waals surface area contributed by atoms with Crippen LogP contribution in [0.3, 0.4) is 0 Å². The molecule has 2 heterocycles. The molecule has 0 N–H and O–H groups in total. The van der Waals surface area contributed by atoms with Crippen molar-refractivity contribution in [3.8, 4) is 11.5 Å². The van der Waals surface area contributed by atoms with Crippen molar-refractivity contribution >= 4 is 21.7 Å². The third kappa shape index (κ3) is 4.19. The Morgan fingerprint density at radius 1 is 0.914 bits per heavy atom. The van der Waals surface area contributed by atoms with Crippen molar-refractivity contribution in [3.63, 3.8) is 0 Å². The zero-order valence-corrected chi connectivity index (χ0v) is 19.9. The Morgan fingerprint density at radius 3 is 2.31 bits per heavy atom. The standard InChI is InChI=1S/C26H22FN3O4S/c1-17-7-11-20(12-8-17)25-28-22(18(2)34-25)16-29-23-5-3-4-6-24(23)35(32,33)30(26(29)31)15-19-9-13-21(27)14-10-19/h3-14H,15-16H2,1-2H3. The molecule has 4 aromatic rings. The molecule has 35 heavy (non-hydrogen) atoms. The summed E-state index contributed by atoms with van der Waals surface area (Å²) in [5.74, 6) is 0.509. The molecule has 2 amide bonds. The summed E-state index contributed by atoms with van der Waals surface area (Å²) in [6.45, 7) is 3.54. The van der Waals surface area contributed by atoms with Gasteiger partial charge in [-0.3, -0.25) is 4.90 Å². The first-order chi connectivity index (χ1) is 16.7. The molecule has 0 fully saturated rings. The van der Waals surface area contributed by atoms with Crippen LogP contribution in [-0.2, 0) is 23.1 Å². The molecule has 0 saturated carbocycles. The Kier molecular flexibility index (Phi) is 5.64. The minimum Gasteiger partial charge on any atom is -0.441 e. The van der Waals surface area contributed by atoms with Crippen LogP contribution in [-0.4, -0.2) is 23.7 Å². The van der Waals surface area contributed by atoms with Crippen molar-refractivity contribution in [2.24, 2.45) is 0 Å². The van der Waals surface area contributed by atoms with Gasteiger partial charge in [-0.1, -0.05) is 42.0 Å². The highest BCUT2D eigenvalue weighted by molar-refractivity contribution is 7.90. The number of para-hydroxylation sites is 1. The first kappa shape index (κ1) is 22.8. The lowest BCUT2D eigenvalue weighted by molar-refractivity contribution is 0.226. The van der Waals surface area contributed by atoms with Crippen LogP contribution in [0.2, 0.25) is 0 Å². The van der Waals surface area contributed by atoms with Gasteiger partial charge < -0.3 is 4.42 Å². The summed E-state index contributed by atoms with van der Waals surface area (Å²) >= 11 is 0. The molecule has 0 radical (unpaired) electrons. The summed E-state index contributed by atoms with van der Waals surface area (Å²) < 4.78 is 46.7. The van der Waals surface area contributed by atoms with E-state index in [1.807, 2.05) is 31.2 Å². The van der Waals surface area contributed by atoms with Crippen LogP contribution < -0.4 is 4.90 Å². The lowest BCUT2D eigenvalue weighted by atomic mass is 10.1. The Bertz CT molecular complexity index is 1510. The van der Waals surface area contributed by atoms with Gasteiger partial charge in [0, 0.05) is 5.56 Å². The number of urea groups is 1. The fourth-order valence-corrected chi connectivity index (χ4v) is 5.52. The molecule has 178 valence electrons. The lowest BCUT2D eigenvalue weighted by Crippen LogP contribution is -2.50. The van der Waals surface area contributed by atoms with Crippen molar-refractivity contribution in [1.82, 2.24) is 9.29 Å². The second-order valence-corrected chi connectivity index (χ2v) is 10.2. The minimum atomic E-state index is -4.11. The van der Waals surface area contributed by atoms with E-state index >= 15 is 0 Å². The van der Waals surface area contributed by atoms with Crippen LogP contribution >= 0.6 is 0 Å². The van der Waals surface area contributed by atoms with Gasteiger partial charge in [0.1, 0.15) is 22.2 Å². The van der Waals surface area contributed by atoms with Crippen LogP contribution in [0.15, 0.2) is 82.1 Å². The number of carbonyl (C=O) groups excluding carboxylic acids is 1. The number of hydrogen-bond acceptors (Lipinski definition) is 5. The number of nitrogens with zero attached hydrogens (tertiary/aromatic N) is 3. The minimum absolute atomic E-state index is 0.0154. The largest absolute Gasteiger partial charge is 0.441 e. The zero-order valence-electron chi connectivity index (χ0n) is 19.1. The van der Waals surface area contributed by atoms with E-state index in [1.165, 1.54) is 35.2 Å². The fourth-order valence-electron chi connectivity index (χ4n) is 3.96. The van der Waals surface area contributed by atoms with E-state index in [4.69, 9.17) is 4.42 Å². The van der Waals surface area contributed by atoms with Gasteiger partial charge in [0.15, 0.2) is 0 Å². The van der Waals surface area contributed by atoms with Crippen LogP contribution in [0.1, 0.15) is 22.6 Å². The monoisotopic (exact) mass is 491 g/mol. The molecule has 0 aliphatic carbocycles. The van der Waals surface area contributed by atoms with E-state index in [9.17, 15) is 17.6 Å². The summed E-state index contributed by atoms with van der Waals surface area (Å²) in [5.41, 5.74) is 3.19. The van der Waals surface area contributed by atoms with Gasteiger partial charge in [-0.25, -0.2) is 26.9 Å². The molecule has 1 aliphatic rings. The van der Waals surface area contributed by atoms with Gasteiger partial charge in [-0.2, -0.15) is 0 Å². The molecule has 5 rings (SSSR count). The molecule has 1 aromatic heterocycles. The Labute approximate surface area is 202 Å². The number of carbonyl (C=O) groups is 1. The van der Waals surface area contributed by atoms with E-state index in [1.54, 1.807) is 25.1 Å². The molecular formula is C26H22FN3O4S. The second-order valence-electron chi connectivity index (χ2n) is 8.36. The number of sulfonamides is 1. The lowest BCUT2D eigenvalue weighted by Gasteiger charge is -2.36. The Hall–Kier alpha value is -3.98. The van der Waals surface area contributed by atoms with Gasteiger partial charge in [0.05, 0.1) is 18.8 Å². The van der Waals surface area contributed by atoms with Gasteiger partial charge in [0.2, 0.25) is 5.89 Å². The summed E-state index contributed by atoms with van der Waals surface area (Å²) in [7, 11) is -4.11. The maximum Gasteiger partial charge on any atom is 0.339 e. The van der Waals surface area contributed by atoms with Crippen molar-refractivity contribution in [1.29, 1.82) is 0 Å². The van der Waals surface area contributed by atoms with Crippen molar-refractivity contribution in [2.45, 2.75) is 31.8 Å². The molecule has 0 atom stereocenters. The number of benzene rings is 3. The maximum atomic E-state index is 13.5. The molecule has 0 saturated heterocycles. The van der Waals surface area contributed by atoms with Crippen LogP contribution in [0.4, 0.5) is 14.9 Å². The van der Waals surface area contributed by atoms with E-state index in [0.717, 1.165) is 15.4 Å². The van der Waals surface area contributed by atoms with Gasteiger partial charge in [-0.15, -0.1) is 0 Å². The summed E-state index contributed by atoms with van der Waals surface area (Å²) in [6.07, 6.45) is 0. The number of halogens is 1. The highest BCUT2D eigenvalue weighted by atomic mass is 32.2. The summed E-state index contributed by atoms with van der Waals surface area (Å²) in [5, 5.41) is 0. The van der Waals surface area contributed by atoms with Crippen LogP contribution in [0.25, 0.3) is 11.5 Å². The predicted octanol–water partition coefficient (Wildman–Crippen LogP) is 5.43. The normalized spacial score (nSPS) is 14.8. The Morgan fingerprint density at radius 2 is 1.60 bits per heavy atom. The third-order valence-corrected chi connectivity index (χ3v) is 7.67. The number of aromatic nitrogens is 1. The van der Waals surface area contributed by atoms with Crippen molar-refractivity contribution in [3.05, 3.63) is 101 Å². The molecule has 0 bridgehead atoms. The highest BCUT2D eigenvalue weighted by Crippen LogP contribution is 2.36.